The molecule has 3 heteroatoms. The van der Waals surface area contributed by atoms with Crippen molar-refractivity contribution in [1.82, 2.24) is 0 Å². The smallest absolute Gasteiger partial charge is 0.120 e. The van der Waals surface area contributed by atoms with Crippen molar-refractivity contribution < 1.29 is 9.53 Å². The normalized spacial score (nSPS) is 16.7. The van der Waals surface area contributed by atoms with Gasteiger partial charge in [-0.3, -0.25) is 0 Å². The number of benzene rings is 1. The molecule has 18 heavy (non-hydrogen) atoms. The van der Waals surface area contributed by atoms with Gasteiger partial charge in [0.25, 0.3) is 0 Å². The Labute approximate surface area is 109 Å². The molecule has 1 unspecified atom stereocenters. The number of methoxy groups -OCH3 is 1. The predicted molar refractivity (Wildman–Crippen MR) is 73.5 cm³/mol. The van der Waals surface area contributed by atoms with Crippen molar-refractivity contribution in [3.8, 4) is 5.75 Å². The van der Waals surface area contributed by atoms with Gasteiger partial charge in [-0.2, -0.15) is 0 Å². The highest BCUT2D eigenvalue weighted by atomic mass is 16.5. The average Bonchev–Trinajstić information content (AvgIpc) is 2.92. The minimum atomic E-state index is 0.244. The molecule has 0 radical (unpaired) electrons. The Morgan fingerprint density at radius 2 is 2.11 bits per heavy atom. The van der Waals surface area contributed by atoms with Crippen LogP contribution in [0, 0.1) is 0 Å². The molecule has 1 aromatic rings. The fourth-order valence-corrected chi connectivity index (χ4v) is 2.57. The summed E-state index contributed by atoms with van der Waals surface area (Å²) in [4.78, 5) is 13.1. The monoisotopic (exact) mass is 247 g/mol. The van der Waals surface area contributed by atoms with Gasteiger partial charge in [-0.05, 0) is 42.5 Å². The lowest BCUT2D eigenvalue weighted by Gasteiger charge is -2.24. The molecule has 1 aliphatic rings. The molecule has 1 atom stereocenters. The van der Waals surface area contributed by atoms with Crippen LogP contribution in [-0.4, -0.2) is 26.5 Å². The number of rotatable bonds is 5. The zero-order valence-electron chi connectivity index (χ0n) is 11.2. The van der Waals surface area contributed by atoms with E-state index in [1.807, 2.05) is 6.07 Å². The van der Waals surface area contributed by atoms with Crippen LogP contribution in [-0.2, 0) is 4.79 Å². The van der Waals surface area contributed by atoms with Gasteiger partial charge in [-0.25, -0.2) is 0 Å². The Morgan fingerprint density at radius 3 is 2.72 bits per heavy atom. The summed E-state index contributed by atoms with van der Waals surface area (Å²) in [6.45, 7) is 4.34. The first-order valence-electron chi connectivity index (χ1n) is 6.62. The summed E-state index contributed by atoms with van der Waals surface area (Å²) in [6.07, 6.45) is 4.08. The first kappa shape index (κ1) is 12.9. The third kappa shape index (κ3) is 2.66. The molecule has 1 aromatic carbocycles. The van der Waals surface area contributed by atoms with E-state index >= 15 is 0 Å². The molecule has 0 bridgehead atoms. The lowest BCUT2D eigenvalue weighted by atomic mass is 9.95. The molecular formula is C15H21NO2. The third-order valence-corrected chi connectivity index (χ3v) is 3.66. The van der Waals surface area contributed by atoms with Crippen LogP contribution in [0.5, 0.6) is 5.75 Å². The number of anilines is 1. The van der Waals surface area contributed by atoms with Crippen molar-refractivity contribution >= 4 is 12.0 Å². The number of aldehydes is 1. The fraction of sp³-hybridized carbons (Fsp3) is 0.533. The maximum atomic E-state index is 10.7. The lowest BCUT2D eigenvalue weighted by Crippen LogP contribution is -2.20. The average molecular weight is 247 g/mol. The molecule has 0 aliphatic carbocycles. The topological polar surface area (TPSA) is 29.5 Å². The van der Waals surface area contributed by atoms with Crippen molar-refractivity contribution in [2.24, 2.45) is 0 Å². The van der Waals surface area contributed by atoms with Crippen LogP contribution in [0.1, 0.15) is 37.7 Å². The molecule has 0 spiro atoms. The molecule has 0 N–H and O–H groups in total. The van der Waals surface area contributed by atoms with Gasteiger partial charge in [0.2, 0.25) is 0 Å². The van der Waals surface area contributed by atoms with E-state index < -0.39 is 0 Å². The van der Waals surface area contributed by atoms with E-state index in [1.165, 1.54) is 24.1 Å². The molecule has 3 nitrogen and oxygen atoms in total. The molecular weight excluding hydrogens is 226 g/mol. The standard InChI is InChI=1S/C15H21NO2/c1-12(7-10-17)14-11-13(18-2)5-6-15(14)16-8-3-4-9-16/h5-6,10-12H,3-4,7-9H2,1-2H3. The second kappa shape index (κ2) is 5.89. The first-order chi connectivity index (χ1) is 8.76. The number of carbonyl (C=O) groups excluding carboxylic acids is 1. The predicted octanol–water partition coefficient (Wildman–Crippen LogP) is 2.99. The quantitative estimate of drug-likeness (QED) is 0.749. The van der Waals surface area contributed by atoms with Crippen molar-refractivity contribution in [2.75, 3.05) is 25.1 Å². The Balaban J connectivity index is 2.33. The number of hydrogen-bond donors (Lipinski definition) is 0. The van der Waals surface area contributed by atoms with Crippen LogP contribution in [0.25, 0.3) is 0 Å². The largest absolute Gasteiger partial charge is 0.497 e. The summed E-state index contributed by atoms with van der Waals surface area (Å²) in [5, 5.41) is 0. The summed E-state index contributed by atoms with van der Waals surface area (Å²) in [7, 11) is 1.68. The van der Waals surface area contributed by atoms with Crippen molar-refractivity contribution in [2.45, 2.75) is 32.1 Å². The van der Waals surface area contributed by atoms with Crippen molar-refractivity contribution in [3.63, 3.8) is 0 Å². The second-order valence-electron chi connectivity index (χ2n) is 4.92. The van der Waals surface area contributed by atoms with E-state index in [9.17, 15) is 4.79 Å². The highest BCUT2D eigenvalue weighted by Crippen LogP contribution is 2.34. The highest BCUT2D eigenvalue weighted by Gasteiger charge is 2.19. The number of ether oxygens (including phenoxy) is 1. The Morgan fingerprint density at radius 1 is 1.39 bits per heavy atom. The summed E-state index contributed by atoms with van der Waals surface area (Å²) in [6, 6.07) is 6.20. The van der Waals surface area contributed by atoms with E-state index in [-0.39, 0.29) is 5.92 Å². The van der Waals surface area contributed by atoms with Crippen LogP contribution < -0.4 is 9.64 Å². The van der Waals surface area contributed by atoms with Gasteiger partial charge in [0.15, 0.2) is 0 Å². The molecule has 1 aliphatic heterocycles. The minimum Gasteiger partial charge on any atom is -0.497 e. The zero-order valence-corrected chi connectivity index (χ0v) is 11.2. The molecule has 1 heterocycles. The summed E-state index contributed by atoms with van der Waals surface area (Å²) in [5.41, 5.74) is 2.49. The maximum Gasteiger partial charge on any atom is 0.120 e. The van der Waals surface area contributed by atoms with Gasteiger partial charge in [-0.15, -0.1) is 0 Å². The van der Waals surface area contributed by atoms with Crippen LogP contribution >= 0.6 is 0 Å². The first-order valence-corrected chi connectivity index (χ1v) is 6.62. The molecule has 0 amide bonds. The van der Waals surface area contributed by atoms with Gasteiger partial charge in [-0.1, -0.05) is 6.92 Å². The highest BCUT2D eigenvalue weighted by molar-refractivity contribution is 5.61. The summed E-state index contributed by atoms with van der Waals surface area (Å²) < 4.78 is 5.29. The van der Waals surface area contributed by atoms with E-state index in [2.05, 4.69) is 24.0 Å². The number of hydrogen-bond acceptors (Lipinski definition) is 3. The Hall–Kier alpha value is -1.51. The van der Waals surface area contributed by atoms with Crippen molar-refractivity contribution in [3.05, 3.63) is 23.8 Å². The fourth-order valence-electron chi connectivity index (χ4n) is 2.57. The lowest BCUT2D eigenvalue weighted by molar-refractivity contribution is -0.108. The number of carbonyl (C=O) groups is 1. The van der Waals surface area contributed by atoms with Gasteiger partial charge in [0, 0.05) is 25.2 Å². The van der Waals surface area contributed by atoms with Crippen LogP contribution in [0.4, 0.5) is 5.69 Å². The minimum absolute atomic E-state index is 0.244. The van der Waals surface area contributed by atoms with E-state index in [1.54, 1.807) is 7.11 Å². The van der Waals surface area contributed by atoms with E-state index in [0.29, 0.717) is 6.42 Å². The van der Waals surface area contributed by atoms with Gasteiger partial charge in [0.05, 0.1) is 7.11 Å². The second-order valence-corrected chi connectivity index (χ2v) is 4.92. The van der Waals surface area contributed by atoms with Gasteiger partial charge in [0.1, 0.15) is 12.0 Å². The molecule has 1 saturated heterocycles. The van der Waals surface area contributed by atoms with E-state index in [4.69, 9.17) is 4.74 Å². The van der Waals surface area contributed by atoms with Crippen LogP contribution in [0.2, 0.25) is 0 Å². The van der Waals surface area contributed by atoms with Crippen LogP contribution in [0.3, 0.4) is 0 Å². The summed E-state index contributed by atoms with van der Waals surface area (Å²) >= 11 is 0. The molecule has 1 fully saturated rings. The SMILES string of the molecule is COc1ccc(N2CCCC2)c(C(C)CC=O)c1. The maximum absolute atomic E-state index is 10.7. The molecule has 98 valence electrons. The van der Waals surface area contributed by atoms with Gasteiger partial charge >= 0.3 is 0 Å². The zero-order chi connectivity index (χ0) is 13.0. The number of nitrogens with zero attached hydrogens (tertiary/aromatic N) is 1. The summed E-state index contributed by atoms with van der Waals surface area (Å²) in [5.74, 6) is 1.11. The van der Waals surface area contributed by atoms with Crippen molar-refractivity contribution in [1.29, 1.82) is 0 Å². The molecule has 2 rings (SSSR count). The van der Waals surface area contributed by atoms with Gasteiger partial charge < -0.3 is 14.4 Å². The molecule has 0 saturated carbocycles. The van der Waals surface area contributed by atoms with E-state index in [0.717, 1.165) is 25.1 Å². The Kier molecular flexibility index (Phi) is 4.24. The third-order valence-electron chi connectivity index (χ3n) is 3.66. The molecule has 0 aromatic heterocycles. The van der Waals surface area contributed by atoms with Crippen LogP contribution in [0.15, 0.2) is 18.2 Å². The Bertz CT molecular complexity index is 411.